The van der Waals surface area contributed by atoms with E-state index in [4.69, 9.17) is 9.72 Å². The minimum Gasteiger partial charge on any atom is -0.497 e. The topological polar surface area (TPSA) is 64.1 Å². The number of carbonyl (C=O) groups excluding carboxylic acids is 1. The molecule has 2 aromatic carbocycles. The van der Waals surface area contributed by atoms with Crippen molar-refractivity contribution >= 4 is 39.0 Å². The number of methoxy groups -OCH3 is 1. The Kier molecular flexibility index (Phi) is 6.21. The summed E-state index contributed by atoms with van der Waals surface area (Å²) in [5, 5.41) is 4.90. The molecular formula is C23H18BrN3O2S. The maximum atomic E-state index is 12.6. The van der Waals surface area contributed by atoms with E-state index in [0.29, 0.717) is 11.5 Å². The van der Waals surface area contributed by atoms with Crippen LogP contribution in [-0.4, -0.2) is 23.0 Å². The lowest BCUT2D eigenvalue weighted by Gasteiger charge is -2.11. The first-order valence-corrected chi connectivity index (χ1v) is 10.9. The first-order chi connectivity index (χ1) is 14.6. The number of benzene rings is 2. The zero-order valence-corrected chi connectivity index (χ0v) is 18.5. The zero-order chi connectivity index (χ0) is 20.9. The number of carbonyl (C=O) groups is 1. The minimum absolute atomic E-state index is 0.137. The molecule has 0 fully saturated rings. The molecule has 5 nitrogen and oxygen atoms in total. The van der Waals surface area contributed by atoms with Crippen LogP contribution < -0.4 is 10.1 Å². The van der Waals surface area contributed by atoms with E-state index in [9.17, 15) is 4.79 Å². The Morgan fingerprint density at radius 1 is 1.10 bits per heavy atom. The molecular weight excluding hydrogens is 462 g/mol. The van der Waals surface area contributed by atoms with Crippen LogP contribution >= 0.6 is 27.3 Å². The van der Waals surface area contributed by atoms with E-state index >= 15 is 0 Å². The number of anilines is 1. The second-order valence-corrected chi connectivity index (χ2v) is 8.37. The number of rotatable bonds is 6. The lowest BCUT2D eigenvalue weighted by molar-refractivity contribution is -0.115. The van der Waals surface area contributed by atoms with Crippen LogP contribution in [0.15, 0.2) is 76.7 Å². The van der Waals surface area contributed by atoms with E-state index in [0.717, 1.165) is 31.9 Å². The van der Waals surface area contributed by atoms with Crippen LogP contribution in [0.25, 0.3) is 21.8 Å². The molecule has 4 aromatic rings. The van der Waals surface area contributed by atoms with Gasteiger partial charge in [0.2, 0.25) is 5.91 Å². The van der Waals surface area contributed by atoms with Crippen molar-refractivity contribution in [2.24, 2.45) is 0 Å². The van der Waals surface area contributed by atoms with Crippen molar-refractivity contribution in [1.82, 2.24) is 9.97 Å². The van der Waals surface area contributed by atoms with Gasteiger partial charge in [-0.05, 0) is 53.4 Å². The summed E-state index contributed by atoms with van der Waals surface area (Å²) >= 11 is 4.96. The Morgan fingerprint density at radius 3 is 2.53 bits per heavy atom. The van der Waals surface area contributed by atoms with Gasteiger partial charge in [-0.25, -0.2) is 9.97 Å². The molecule has 0 saturated carbocycles. The first kappa shape index (κ1) is 20.3. The van der Waals surface area contributed by atoms with Gasteiger partial charge in [-0.3, -0.25) is 4.79 Å². The molecule has 7 heteroatoms. The van der Waals surface area contributed by atoms with E-state index in [2.05, 4.69) is 26.2 Å². The van der Waals surface area contributed by atoms with Gasteiger partial charge in [-0.15, -0.1) is 11.3 Å². The van der Waals surface area contributed by atoms with Crippen molar-refractivity contribution in [3.63, 3.8) is 0 Å². The van der Waals surface area contributed by atoms with Crippen molar-refractivity contribution in [3.05, 3.63) is 82.3 Å². The maximum absolute atomic E-state index is 12.6. The summed E-state index contributed by atoms with van der Waals surface area (Å²) in [6.07, 6.45) is 1.94. The van der Waals surface area contributed by atoms with Crippen LogP contribution in [0.1, 0.15) is 5.56 Å². The fourth-order valence-electron chi connectivity index (χ4n) is 2.93. The third-order valence-electron chi connectivity index (χ3n) is 4.45. The van der Waals surface area contributed by atoms with Crippen molar-refractivity contribution in [1.29, 1.82) is 0 Å². The van der Waals surface area contributed by atoms with Crippen LogP contribution in [0.3, 0.4) is 0 Å². The Hall–Kier alpha value is -3.03. The number of ether oxygens (including phenoxy) is 1. The number of hydrogen-bond donors (Lipinski definition) is 1. The molecule has 30 heavy (non-hydrogen) atoms. The smallest absolute Gasteiger partial charge is 0.230 e. The molecule has 150 valence electrons. The quantitative estimate of drug-likeness (QED) is 0.378. The summed E-state index contributed by atoms with van der Waals surface area (Å²) in [7, 11) is 1.63. The maximum Gasteiger partial charge on any atom is 0.230 e. The monoisotopic (exact) mass is 479 g/mol. The van der Waals surface area contributed by atoms with Crippen molar-refractivity contribution in [2.45, 2.75) is 6.42 Å². The van der Waals surface area contributed by atoms with Gasteiger partial charge in [0.15, 0.2) is 5.82 Å². The van der Waals surface area contributed by atoms with E-state index < -0.39 is 0 Å². The number of thiophene rings is 1. The molecule has 0 aliphatic heterocycles. The van der Waals surface area contributed by atoms with E-state index in [1.165, 1.54) is 0 Å². The molecule has 1 N–H and O–H groups in total. The lowest BCUT2D eigenvalue weighted by Crippen LogP contribution is -2.16. The van der Waals surface area contributed by atoms with Crippen molar-refractivity contribution in [2.75, 3.05) is 12.4 Å². The summed E-state index contributed by atoms with van der Waals surface area (Å²) in [6, 6.07) is 19.2. The predicted octanol–water partition coefficient (Wildman–Crippen LogP) is 5.82. The van der Waals surface area contributed by atoms with Crippen molar-refractivity contribution < 1.29 is 9.53 Å². The van der Waals surface area contributed by atoms with Gasteiger partial charge in [0.25, 0.3) is 0 Å². The molecule has 0 radical (unpaired) electrons. The highest BCUT2D eigenvalue weighted by Crippen LogP contribution is 2.31. The molecule has 1 amide bonds. The SMILES string of the molecule is COc1ccc(-c2cnc(NC(=O)Cc3ccc(Br)cc3)c(-c3cccs3)n2)cc1. The van der Waals surface area contributed by atoms with E-state index in [1.54, 1.807) is 24.6 Å². The summed E-state index contributed by atoms with van der Waals surface area (Å²) in [4.78, 5) is 22.9. The van der Waals surface area contributed by atoms with E-state index in [-0.39, 0.29) is 12.3 Å². The van der Waals surface area contributed by atoms with Gasteiger partial charge < -0.3 is 10.1 Å². The lowest BCUT2D eigenvalue weighted by atomic mass is 10.1. The second kappa shape index (κ2) is 9.19. The number of hydrogen-bond acceptors (Lipinski definition) is 5. The summed E-state index contributed by atoms with van der Waals surface area (Å²) in [6.45, 7) is 0. The van der Waals surface area contributed by atoms with Gasteiger partial charge in [-0.1, -0.05) is 34.1 Å². The van der Waals surface area contributed by atoms with Crippen LogP contribution in [0.5, 0.6) is 5.75 Å². The van der Waals surface area contributed by atoms with E-state index in [1.807, 2.05) is 66.0 Å². The van der Waals surface area contributed by atoms with Gasteiger partial charge in [-0.2, -0.15) is 0 Å². The number of aromatic nitrogens is 2. The minimum atomic E-state index is -0.137. The molecule has 0 saturated heterocycles. The van der Waals surface area contributed by atoms with Gasteiger partial charge >= 0.3 is 0 Å². The highest BCUT2D eigenvalue weighted by Gasteiger charge is 2.15. The molecule has 0 aliphatic carbocycles. The van der Waals surface area contributed by atoms with Crippen LogP contribution in [0.4, 0.5) is 5.82 Å². The Morgan fingerprint density at radius 2 is 1.87 bits per heavy atom. The van der Waals surface area contributed by atoms with Gasteiger partial charge in [0.1, 0.15) is 11.4 Å². The summed E-state index contributed by atoms with van der Waals surface area (Å²) in [5.74, 6) is 1.10. The molecule has 0 spiro atoms. The van der Waals surface area contributed by atoms with Crippen LogP contribution in [-0.2, 0) is 11.2 Å². The highest BCUT2D eigenvalue weighted by atomic mass is 79.9. The fraction of sp³-hybridized carbons (Fsp3) is 0.0870. The molecule has 4 rings (SSSR count). The predicted molar refractivity (Wildman–Crippen MR) is 124 cm³/mol. The molecule has 0 bridgehead atoms. The average molecular weight is 480 g/mol. The first-order valence-electron chi connectivity index (χ1n) is 9.22. The summed E-state index contributed by atoms with van der Waals surface area (Å²) < 4.78 is 6.20. The Balaban J connectivity index is 1.62. The van der Waals surface area contributed by atoms with Crippen molar-refractivity contribution in [3.8, 4) is 27.6 Å². The molecule has 0 aliphatic rings. The molecule has 0 unspecified atom stereocenters. The molecule has 0 atom stereocenters. The normalized spacial score (nSPS) is 10.6. The Bertz CT molecular complexity index is 1140. The fourth-order valence-corrected chi connectivity index (χ4v) is 3.91. The van der Waals surface area contributed by atoms with Gasteiger partial charge in [0.05, 0.1) is 30.3 Å². The third-order valence-corrected chi connectivity index (χ3v) is 5.85. The zero-order valence-electron chi connectivity index (χ0n) is 16.1. The number of nitrogens with one attached hydrogen (secondary N) is 1. The molecule has 2 heterocycles. The number of amides is 1. The highest BCUT2D eigenvalue weighted by molar-refractivity contribution is 9.10. The Labute approximate surface area is 186 Å². The number of halogens is 1. The number of nitrogens with zero attached hydrogens (tertiary/aromatic N) is 2. The largest absolute Gasteiger partial charge is 0.497 e. The third kappa shape index (κ3) is 4.75. The van der Waals surface area contributed by atoms with Gasteiger partial charge in [0, 0.05) is 10.0 Å². The second-order valence-electron chi connectivity index (χ2n) is 6.51. The van der Waals surface area contributed by atoms with Crippen LogP contribution in [0, 0.1) is 0 Å². The average Bonchev–Trinajstić information content (AvgIpc) is 3.30. The molecule has 2 aromatic heterocycles. The summed E-state index contributed by atoms with van der Waals surface area (Å²) in [5.41, 5.74) is 3.24. The van der Waals surface area contributed by atoms with Crippen LogP contribution in [0.2, 0.25) is 0 Å². The standard InChI is InChI=1S/C23H18BrN3O2S/c1-29-18-10-6-16(7-11-18)19-14-25-23(22(26-19)20-3-2-12-30-20)27-21(28)13-15-4-8-17(24)9-5-15/h2-12,14H,13H2,1H3,(H,25,27,28).